The standard InChI is InChI=1S/C11H22/c1-5-7-8-10-11(3,4)9-6-2/h6,9H,5,7-8,10H2,1-4H3. The Kier molecular flexibility index (Phi) is 5.27. The molecule has 0 aliphatic carbocycles. The van der Waals surface area contributed by atoms with Crippen LogP contribution in [0.4, 0.5) is 0 Å². The van der Waals surface area contributed by atoms with Crippen LogP contribution in [0.15, 0.2) is 12.2 Å². The Morgan fingerprint density at radius 2 is 1.82 bits per heavy atom. The lowest BCUT2D eigenvalue weighted by Gasteiger charge is -2.19. The second-order valence-electron chi connectivity index (χ2n) is 3.95. The highest BCUT2D eigenvalue weighted by atomic mass is 14.2. The summed E-state index contributed by atoms with van der Waals surface area (Å²) in [6.07, 6.45) is 9.86. The fourth-order valence-electron chi connectivity index (χ4n) is 1.37. The third kappa shape index (κ3) is 6.15. The minimum Gasteiger partial charge on any atom is -0.0911 e. The Bertz CT molecular complexity index is 109. The molecular weight excluding hydrogens is 132 g/mol. The van der Waals surface area contributed by atoms with Gasteiger partial charge in [-0.05, 0) is 18.8 Å². The zero-order chi connectivity index (χ0) is 8.74. The van der Waals surface area contributed by atoms with Gasteiger partial charge in [-0.3, -0.25) is 0 Å². The predicted molar refractivity (Wildman–Crippen MR) is 52.7 cm³/mol. The van der Waals surface area contributed by atoms with Crippen LogP contribution in [0, 0.1) is 5.41 Å². The van der Waals surface area contributed by atoms with E-state index in [1.54, 1.807) is 0 Å². The van der Waals surface area contributed by atoms with Crippen molar-refractivity contribution in [3.8, 4) is 0 Å². The molecule has 0 radical (unpaired) electrons. The van der Waals surface area contributed by atoms with Crippen LogP contribution in [0.25, 0.3) is 0 Å². The van der Waals surface area contributed by atoms with Crippen LogP contribution < -0.4 is 0 Å². The van der Waals surface area contributed by atoms with E-state index in [1.807, 2.05) is 0 Å². The molecule has 11 heavy (non-hydrogen) atoms. The summed E-state index contributed by atoms with van der Waals surface area (Å²) in [5, 5.41) is 0. The monoisotopic (exact) mass is 154 g/mol. The number of allylic oxidation sites excluding steroid dienone is 2. The van der Waals surface area contributed by atoms with Crippen molar-refractivity contribution in [1.82, 2.24) is 0 Å². The van der Waals surface area contributed by atoms with E-state index in [0.717, 1.165) is 0 Å². The molecule has 0 amide bonds. The van der Waals surface area contributed by atoms with Crippen LogP contribution in [-0.2, 0) is 0 Å². The van der Waals surface area contributed by atoms with Crippen molar-refractivity contribution < 1.29 is 0 Å². The maximum absolute atomic E-state index is 2.31. The van der Waals surface area contributed by atoms with Crippen molar-refractivity contribution in [3.05, 3.63) is 12.2 Å². The van der Waals surface area contributed by atoms with Crippen molar-refractivity contribution in [3.63, 3.8) is 0 Å². The van der Waals surface area contributed by atoms with Gasteiger partial charge in [-0.2, -0.15) is 0 Å². The second-order valence-corrected chi connectivity index (χ2v) is 3.95. The molecule has 0 aromatic carbocycles. The van der Waals surface area contributed by atoms with Crippen LogP contribution in [0.1, 0.15) is 53.4 Å². The fourth-order valence-corrected chi connectivity index (χ4v) is 1.37. The van der Waals surface area contributed by atoms with Gasteiger partial charge in [-0.1, -0.05) is 52.2 Å². The van der Waals surface area contributed by atoms with Crippen molar-refractivity contribution in [2.75, 3.05) is 0 Å². The highest BCUT2D eigenvalue weighted by molar-refractivity contribution is 4.92. The Morgan fingerprint density at radius 1 is 1.18 bits per heavy atom. The first-order chi connectivity index (χ1) is 5.12. The van der Waals surface area contributed by atoms with Crippen LogP contribution in [0.5, 0.6) is 0 Å². The smallest absolute Gasteiger partial charge is 0.0175 e. The molecule has 0 heterocycles. The molecule has 0 bridgehead atoms. The molecule has 0 N–H and O–H groups in total. The van der Waals surface area contributed by atoms with Gasteiger partial charge >= 0.3 is 0 Å². The zero-order valence-electron chi connectivity index (χ0n) is 8.48. The van der Waals surface area contributed by atoms with E-state index in [1.165, 1.54) is 25.7 Å². The van der Waals surface area contributed by atoms with Crippen molar-refractivity contribution in [1.29, 1.82) is 0 Å². The lowest BCUT2D eigenvalue weighted by atomic mass is 9.87. The summed E-state index contributed by atoms with van der Waals surface area (Å²) < 4.78 is 0. The van der Waals surface area contributed by atoms with Crippen molar-refractivity contribution in [2.45, 2.75) is 53.4 Å². The first-order valence-corrected chi connectivity index (χ1v) is 4.76. The molecule has 0 spiro atoms. The van der Waals surface area contributed by atoms with Crippen LogP contribution in [0.3, 0.4) is 0 Å². The van der Waals surface area contributed by atoms with Crippen molar-refractivity contribution >= 4 is 0 Å². The Balaban J connectivity index is 3.55. The third-order valence-electron chi connectivity index (χ3n) is 2.04. The lowest BCUT2D eigenvalue weighted by Crippen LogP contribution is -2.06. The average molecular weight is 154 g/mol. The largest absolute Gasteiger partial charge is 0.0911 e. The Labute approximate surface area is 71.7 Å². The highest BCUT2D eigenvalue weighted by Crippen LogP contribution is 2.24. The van der Waals surface area contributed by atoms with E-state index in [4.69, 9.17) is 0 Å². The SMILES string of the molecule is CC=CC(C)(C)CCCCC. The number of hydrogen-bond donors (Lipinski definition) is 0. The van der Waals surface area contributed by atoms with Gasteiger partial charge in [0.2, 0.25) is 0 Å². The maximum atomic E-state index is 2.31. The fraction of sp³-hybridized carbons (Fsp3) is 0.818. The van der Waals surface area contributed by atoms with Gasteiger partial charge in [0.25, 0.3) is 0 Å². The molecule has 0 nitrogen and oxygen atoms in total. The molecule has 0 aromatic rings. The van der Waals surface area contributed by atoms with Gasteiger partial charge in [0, 0.05) is 0 Å². The second kappa shape index (κ2) is 5.40. The number of unbranched alkanes of at least 4 members (excludes halogenated alkanes) is 2. The molecule has 0 fully saturated rings. The molecule has 0 heteroatoms. The topological polar surface area (TPSA) is 0 Å². The molecule has 0 unspecified atom stereocenters. The van der Waals surface area contributed by atoms with Crippen LogP contribution in [0.2, 0.25) is 0 Å². The molecule has 0 aliphatic rings. The van der Waals surface area contributed by atoms with E-state index in [2.05, 4.69) is 39.8 Å². The molecule has 0 saturated carbocycles. The van der Waals surface area contributed by atoms with E-state index >= 15 is 0 Å². The normalized spacial score (nSPS) is 12.7. The molecule has 66 valence electrons. The van der Waals surface area contributed by atoms with E-state index in [9.17, 15) is 0 Å². The zero-order valence-corrected chi connectivity index (χ0v) is 8.48. The minimum absolute atomic E-state index is 0.421. The van der Waals surface area contributed by atoms with E-state index in [-0.39, 0.29) is 0 Å². The Hall–Kier alpha value is -0.260. The Morgan fingerprint density at radius 3 is 2.27 bits per heavy atom. The molecular formula is C11H22. The average Bonchev–Trinajstić information content (AvgIpc) is 1.87. The molecule has 0 aromatic heterocycles. The highest BCUT2D eigenvalue weighted by Gasteiger charge is 2.11. The summed E-state index contributed by atoms with van der Waals surface area (Å²) in [5.41, 5.74) is 0.421. The van der Waals surface area contributed by atoms with Gasteiger partial charge in [-0.25, -0.2) is 0 Å². The van der Waals surface area contributed by atoms with Crippen LogP contribution in [-0.4, -0.2) is 0 Å². The van der Waals surface area contributed by atoms with E-state index < -0.39 is 0 Å². The minimum atomic E-state index is 0.421. The maximum Gasteiger partial charge on any atom is -0.0175 e. The molecule has 0 aliphatic heterocycles. The summed E-state index contributed by atoms with van der Waals surface area (Å²) in [6.45, 7) is 8.97. The molecule has 0 rings (SSSR count). The predicted octanol–water partition coefficient (Wildman–Crippen LogP) is 4.17. The summed E-state index contributed by atoms with van der Waals surface area (Å²) in [6, 6.07) is 0. The number of hydrogen-bond acceptors (Lipinski definition) is 0. The molecule has 0 saturated heterocycles. The number of rotatable bonds is 5. The first-order valence-electron chi connectivity index (χ1n) is 4.76. The van der Waals surface area contributed by atoms with Gasteiger partial charge in [0.1, 0.15) is 0 Å². The molecule has 0 atom stereocenters. The van der Waals surface area contributed by atoms with Crippen molar-refractivity contribution in [2.24, 2.45) is 5.41 Å². The van der Waals surface area contributed by atoms with Gasteiger partial charge in [-0.15, -0.1) is 0 Å². The van der Waals surface area contributed by atoms with Gasteiger partial charge < -0.3 is 0 Å². The lowest BCUT2D eigenvalue weighted by molar-refractivity contribution is 0.412. The van der Waals surface area contributed by atoms with Gasteiger partial charge in [0.05, 0.1) is 0 Å². The summed E-state index contributed by atoms with van der Waals surface area (Å²) >= 11 is 0. The summed E-state index contributed by atoms with van der Waals surface area (Å²) in [7, 11) is 0. The third-order valence-corrected chi connectivity index (χ3v) is 2.04. The first kappa shape index (κ1) is 10.7. The quantitative estimate of drug-likeness (QED) is 0.412. The van der Waals surface area contributed by atoms with Gasteiger partial charge in [0.15, 0.2) is 0 Å². The van der Waals surface area contributed by atoms with Crippen LogP contribution >= 0.6 is 0 Å². The summed E-state index contributed by atoms with van der Waals surface area (Å²) in [4.78, 5) is 0. The summed E-state index contributed by atoms with van der Waals surface area (Å²) in [5.74, 6) is 0. The van der Waals surface area contributed by atoms with E-state index in [0.29, 0.717) is 5.41 Å².